The van der Waals surface area contributed by atoms with E-state index >= 15 is 0 Å². The molecule has 110 valence electrons. The van der Waals surface area contributed by atoms with E-state index in [0.29, 0.717) is 16.9 Å². The zero-order valence-electron chi connectivity index (χ0n) is 11.6. The molecule has 0 bridgehead atoms. The van der Waals surface area contributed by atoms with Crippen molar-refractivity contribution in [3.05, 3.63) is 45.8 Å². The molecule has 0 saturated carbocycles. The maximum absolute atomic E-state index is 12.3. The number of urea groups is 1. The maximum atomic E-state index is 12.3. The molecule has 0 saturated heterocycles. The number of rotatable bonds is 3. The number of hydrogen-bond donors (Lipinski definition) is 3. The summed E-state index contributed by atoms with van der Waals surface area (Å²) in [5, 5.41) is 12.3. The summed E-state index contributed by atoms with van der Waals surface area (Å²) in [4.78, 5) is 23.1. The van der Waals surface area contributed by atoms with Crippen LogP contribution in [0.5, 0.6) is 0 Å². The van der Waals surface area contributed by atoms with Gasteiger partial charge in [0.15, 0.2) is 0 Å². The van der Waals surface area contributed by atoms with Crippen molar-refractivity contribution >= 4 is 23.2 Å². The quantitative estimate of drug-likeness (QED) is 0.456. The van der Waals surface area contributed by atoms with E-state index in [4.69, 9.17) is 9.62 Å². The fourth-order valence-electron chi connectivity index (χ4n) is 1.80. The van der Waals surface area contributed by atoms with Crippen molar-refractivity contribution in [1.82, 2.24) is 10.9 Å². The second kappa shape index (κ2) is 6.19. The highest BCUT2D eigenvalue weighted by Gasteiger charge is 2.08. The Kier molecular flexibility index (Phi) is 4.34. The van der Waals surface area contributed by atoms with Gasteiger partial charge in [-0.2, -0.15) is 5.10 Å². The molecule has 1 aromatic heterocycles. The van der Waals surface area contributed by atoms with Gasteiger partial charge in [-0.1, -0.05) is 19.9 Å². The lowest BCUT2D eigenvalue weighted by molar-refractivity contribution is 0.162. The van der Waals surface area contributed by atoms with Gasteiger partial charge in [0.05, 0.1) is 17.2 Å². The first kappa shape index (κ1) is 14.7. The molecule has 3 N–H and O–H groups in total. The predicted molar refractivity (Wildman–Crippen MR) is 77.6 cm³/mol. The Morgan fingerprint density at radius 2 is 2.19 bits per heavy atom. The first-order valence-electron chi connectivity index (χ1n) is 6.31. The molecule has 2 aromatic rings. The number of hydrazone groups is 1. The van der Waals surface area contributed by atoms with Crippen molar-refractivity contribution in [2.75, 3.05) is 0 Å². The number of fused-ring (bicyclic) bond motifs is 1. The molecule has 7 heteroatoms. The number of hydrogen-bond acceptors (Lipinski definition) is 5. The van der Waals surface area contributed by atoms with Gasteiger partial charge in [-0.15, -0.1) is 0 Å². The van der Waals surface area contributed by atoms with Gasteiger partial charge in [-0.25, -0.2) is 15.7 Å². The minimum atomic E-state index is -0.904. The van der Waals surface area contributed by atoms with Gasteiger partial charge in [0.25, 0.3) is 0 Å². The van der Waals surface area contributed by atoms with Crippen molar-refractivity contribution in [3.63, 3.8) is 0 Å². The monoisotopic (exact) mass is 289 g/mol. The molecule has 1 aromatic carbocycles. The molecule has 2 rings (SSSR count). The summed E-state index contributed by atoms with van der Waals surface area (Å²) in [6.07, 6.45) is 2.42. The van der Waals surface area contributed by atoms with Crippen LogP contribution in [0.2, 0.25) is 0 Å². The second-order valence-corrected chi connectivity index (χ2v) is 4.74. The summed E-state index contributed by atoms with van der Waals surface area (Å²) in [6, 6.07) is 4.55. The van der Waals surface area contributed by atoms with Gasteiger partial charge >= 0.3 is 6.03 Å². The third-order valence-corrected chi connectivity index (χ3v) is 2.96. The normalized spacial score (nSPS) is 11.2. The summed E-state index contributed by atoms with van der Waals surface area (Å²) in [5.74, 6) is 0.293. The fraction of sp³-hybridized carbons (Fsp3) is 0.214. The van der Waals surface area contributed by atoms with E-state index in [1.807, 2.05) is 25.3 Å². The number of nitrogens with one attached hydrogen (secondary N) is 2. The van der Waals surface area contributed by atoms with Crippen LogP contribution < -0.4 is 16.3 Å². The molecule has 21 heavy (non-hydrogen) atoms. The van der Waals surface area contributed by atoms with Crippen molar-refractivity contribution < 1.29 is 14.4 Å². The lowest BCUT2D eigenvalue weighted by atomic mass is 10.0. The summed E-state index contributed by atoms with van der Waals surface area (Å²) in [5.41, 5.74) is 4.80. The lowest BCUT2D eigenvalue weighted by Crippen LogP contribution is -2.29. The molecule has 7 nitrogen and oxygen atoms in total. The number of carbonyl (C=O) groups is 1. The smallest absolute Gasteiger partial charge is 0.358 e. The maximum Gasteiger partial charge on any atom is 0.358 e. The van der Waals surface area contributed by atoms with Gasteiger partial charge in [0.1, 0.15) is 11.8 Å². The van der Waals surface area contributed by atoms with Gasteiger partial charge in [-0.3, -0.25) is 10.0 Å². The Hall–Kier alpha value is -2.67. The molecule has 1 heterocycles. The van der Waals surface area contributed by atoms with Crippen LogP contribution in [-0.2, 0) is 0 Å². The van der Waals surface area contributed by atoms with Gasteiger partial charge < -0.3 is 4.42 Å². The summed E-state index contributed by atoms with van der Waals surface area (Å²) >= 11 is 0. The van der Waals surface area contributed by atoms with Crippen molar-refractivity contribution in [1.29, 1.82) is 0 Å². The lowest BCUT2D eigenvalue weighted by Gasteiger charge is -2.06. The van der Waals surface area contributed by atoms with Gasteiger partial charge in [0, 0.05) is 0 Å². The van der Waals surface area contributed by atoms with Crippen LogP contribution in [0.25, 0.3) is 11.0 Å². The highest BCUT2D eigenvalue weighted by atomic mass is 16.5. The Bertz CT molecular complexity index is 749. The zero-order valence-corrected chi connectivity index (χ0v) is 11.6. The third-order valence-electron chi connectivity index (χ3n) is 2.96. The van der Waals surface area contributed by atoms with E-state index in [1.54, 1.807) is 12.1 Å². The molecule has 0 atom stereocenters. The van der Waals surface area contributed by atoms with E-state index in [1.165, 1.54) is 11.7 Å². The molecule has 2 amide bonds. The Morgan fingerprint density at radius 3 is 2.86 bits per heavy atom. The Balaban J connectivity index is 2.40. The van der Waals surface area contributed by atoms with Crippen LogP contribution in [0.3, 0.4) is 0 Å². The molecule has 0 aliphatic carbocycles. The highest BCUT2D eigenvalue weighted by molar-refractivity contribution is 5.87. The average molecular weight is 289 g/mol. The summed E-state index contributed by atoms with van der Waals surface area (Å²) in [6.45, 7) is 4.07. The van der Waals surface area contributed by atoms with Crippen LogP contribution >= 0.6 is 0 Å². The third kappa shape index (κ3) is 3.26. The van der Waals surface area contributed by atoms with E-state index in [9.17, 15) is 9.59 Å². The van der Waals surface area contributed by atoms with Crippen LogP contribution in [0, 0.1) is 0 Å². The predicted octanol–water partition coefficient (Wildman–Crippen LogP) is 1.94. The molecule has 0 aliphatic rings. The van der Waals surface area contributed by atoms with Crippen LogP contribution in [-0.4, -0.2) is 17.5 Å². The number of benzene rings is 1. The number of carbonyl (C=O) groups excluding carboxylic acids is 1. The number of nitrogens with zero attached hydrogens (tertiary/aromatic N) is 1. The topological polar surface area (TPSA) is 104 Å². The summed E-state index contributed by atoms with van der Waals surface area (Å²) < 4.78 is 5.37. The molecular weight excluding hydrogens is 274 g/mol. The van der Waals surface area contributed by atoms with Gasteiger partial charge in [0.2, 0.25) is 5.43 Å². The molecule has 0 radical (unpaired) electrons. The van der Waals surface area contributed by atoms with Crippen molar-refractivity contribution in [3.8, 4) is 0 Å². The number of hydroxylamine groups is 1. The van der Waals surface area contributed by atoms with E-state index < -0.39 is 6.03 Å². The standard InChI is InChI=1S/C14H15N3O4/c1-8(2)9-3-4-12-11(5-9)13(18)10(7-21-12)6-15-16-14(19)17-20/h3-8,20H,1-2H3,(H2,16,17,19)/b15-6+. The zero-order chi connectivity index (χ0) is 15.4. The highest BCUT2D eigenvalue weighted by Crippen LogP contribution is 2.19. The van der Waals surface area contributed by atoms with E-state index in [0.717, 1.165) is 11.8 Å². The molecule has 0 aliphatic heterocycles. The van der Waals surface area contributed by atoms with Crippen molar-refractivity contribution in [2.24, 2.45) is 5.10 Å². The molecule has 0 spiro atoms. The van der Waals surface area contributed by atoms with Crippen LogP contribution in [0.15, 0.2) is 38.8 Å². The van der Waals surface area contributed by atoms with Crippen LogP contribution in [0.4, 0.5) is 4.79 Å². The van der Waals surface area contributed by atoms with Crippen LogP contribution in [0.1, 0.15) is 30.9 Å². The van der Waals surface area contributed by atoms with Crippen molar-refractivity contribution in [2.45, 2.75) is 19.8 Å². The largest absolute Gasteiger partial charge is 0.463 e. The second-order valence-electron chi connectivity index (χ2n) is 4.74. The SMILES string of the molecule is CC(C)c1ccc2occ(/C=N/NC(=O)NO)c(=O)c2c1. The average Bonchev–Trinajstić information content (AvgIpc) is 2.49. The fourth-order valence-corrected chi connectivity index (χ4v) is 1.80. The minimum absolute atomic E-state index is 0.196. The molecule has 0 fully saturated rings. The van der Waals surface area contributed by atoms with E-state index in [2.05, 4.69) is 5.10 Å². The first-order valence-corrected chi connectivity index (χ1v) is 6.31. The first-order chi connectivity index (χ1) is 10.0. The van der Waals surface area contributed by atoms with E-state index in [-0.39, 0.29) is 11.0 Å². The Labute approximate surface area is 120 Å². The van der Waals surface area contributed by atoms with Gasteiger partial charge in [-0.05, 0) is 23.6 Å². The number of amides is 2. The Morgan fingerprint density at radius 1 is 1.43 bits per heavy atom. The minimum Gasteiger partial charge on any atom is -0.463 e. The molecule has 0 unspecified atom stereocenters. The molecular formula is C14H15N3O4. The summed E-state index contributed by atoms with van der Waals surface area (Å²) in [7, 11) is 0.